The second kappa shape index (κ2) is 9.84. The number of hydrogen-bond acceptors (Lipinski definition) is 5. The number of para-hydroxylation sites is 1. The Labute approximate surface area is 235 Å². The van der Waals surface area contributed by atoms with Crippen molar-refractivity contribution in [1.29, 1.82) is 0 Å². The van der Waals surface area contributed by atoms with Gasteiger partial charge in [0.25, 0.3) is 0 Å². The first-order chi connectivity index (χ1) is 19.8. The van der Waals surface area contributed by atoms with Crippen molar-refractivity contribution in [3.05, 3.63) is 112 Å². The fourth-order valence-corrected chi connectivity index (χ4v) is 6.79. The minimum absolute atomic E-state index is 0.445. The van der Waals surface area contributed by atoms with E-state index in [1.165, 1.54) is 58.5 Å². The molecule has 5 aliphatic rings. The van der Waals surface area contributed by atoms with Crippen LogP contribution in [0.4, 0.5) is 5.69 Å². The van der Waals surface area contributed by atoms with E-state index in [0.29, 0.717) is 17.8 Å². The summed E-state index contributed by atoms with van der Waals surface area (Å²) in [6.45, 7) is 2.00. The van der Waals surface area contributed by atoms with E-state index in [4.69, 9.17) is 4.99 Å². The number of hydrogen-bond donors (Lipinski definition) is 1. The number of aromatic amines is 1. The summed E-state index contributed by atoms with van der Waals surface area (Å²) in [7, 11) is 0. The summed E-state index contributed by atoms with van der Waals surface area (Å²) < 4.78 is 0. The highest BCUT2D eigenvalue weighted by Gasteiger charge is 2.42. The van der Waals surface area contributed by atoms with Gasteiger partial charge >= 0.3 is 0 Å². The van der Waals surface area contributed by atoms with E-state index in [-0.39, 0.29) is 0 Å². The van der Waals surface area contributed by atoms with Crippen LogP contribution < -0.4 is 4.90 Å². The zero-order chi connectivity index (χ0) is 26.5. The number of aliphatic imine (C=N–C) groups is 1. The summed E-state index contributed by atoms with van der Waals surface area (Å²) >= 11 is 0. The van der Waals surface area contributed by atoms with Crippen molar-refractivity contribution in [2.24, 2.45) is 22.7 Å². The van der Waals surface area contributed by atoms with Crippen molar-refractivity contribution in [2.75, 3.05) is 11.4 Å². The standard InChI is InChI=1S/C34H34N6/c1-3-22(7-13-29-14-12-25-10-11-27(24-8-9-24)19-32(25)35-29)17-23(4-1)21-40-16-15-26-5-2-6-30(34(26)40)31-18-28(31)20-33-36-38-39-37-33/h1-7,11-14,17,19,24-25,28,31H,8-10,15-16,18,20-21H2,(H,36,37,38,39)/b13-7+. The number of aromatic nitrogens is 4. The van der Waals surface area contributed by atoms with Gasteiger partial charge in [0.1, 0.15) is 0 Å². The minimum Gasteiger partial charge on any atom is -0.366 e. The van der Waals surface area contributed by atoms with Crippen molar-refractivity contribution in [1.82, 2.24) is 20.6 Å². The second-order valence-corrected chi connectivity index (χ2v) is 12.0. The van der Waals surface area contributed by atoms with Crippen LogP contribution in [-0.4, -0.2) is 32.9 Å². The van der Waals surface area contributed by atoms with Crippen LogP contribution in [0.15, 0.2) is 89.1 Å². The summed E-state index contributed by atoms with van der Waals surface area (Å²) in [5, 5.41) is 14.7. The summed E-state index contributed by atoms with van der Waals surface area (Å²) in [5.74, 6) is 3.25. The van der Waals surface area contributed by atoms with E-state index in [1.54, 1.807) is 0 Å². The molecule has 0 amide bonds. The molecule has 0 bridgehead atoms. The maximum atomic E-state index is 5.01. The van der Waals surface area contributed by atoms with E-state index < -0.39 is 0 Å². The minimum atomic E-state index is 0.445. The second-order valence-electron chi connectivity index (χ2n) is 12.0. The largest absolute Gasteiger partial charge is 0.366 e. The highest BCUT2D eigenvalue weighted by Crippen LogP contribution is 2.53. The highest BCUT2D eigenvalue weighted by atomic mass is 15.5. The number of H-pyrrole nitrogens is 1. The predicted molar refractivity (Wildman–Crippen MR) is 159 cm³/mol. The zero-order valence-electron chi connectivity index (χ0n) is 22.7. The summed E-state index contributed by atoms with van der Waals surface area (Å²) in [4.78, 5) is 7.60. The Bertz CT molecular complexity index is 1590. The Kier molecular flexibility index (Phi) is 5.86. The van der Waals surface area contributed by atoms with Gasteiger partial charge in [0.2, 0.25) is 0 Å². The molecule has 3 aromatic rings. The molecule has 3 aliphatic carbocycles. The average molecular weight is 527 g/mol. The number of anilines is 1. The van der Waals surface area contributed by atoms with Gasteiger partial charge in [-0.3, -0.25) is 4.99 Å². The Morgan fingerprint density at radius 1 is 1.07 bits per heavy atom. The van der Waals surface area contributed by atoms with Gasteiger partial charge in [0.05, 0.1) is 5.71 Å². The van der Waals surface area contributed by atoms with Crippen molar-refractivity contribution < 1.29 is 0 Å². The molecule has 0 saturated heterocycles. The van der Waals surface area contributed by atoms with Gasteiger partial charge in [-0.05, 0) is 102 Å². The molecule has 3 heterocycles. The van der Waals surface area contributed by atoms with Gasteiger partial charge in [-0.1, -0.05) is 59.8 Å². The number of allylic oxidation sites excluding steroid dienone is 6. The average Bonchev–Trinajstić information content (AvgIpc) is 3.88. The maximum Gasteiger partial charge on any atom is 0.174 e. The van der Waals surface area contributed by atoms with Crippen molar-refractivity contribution >= 4 is 17.5 Å². The number of nitrogens with one attached hydrogen (secondary N) is 1. The molecule has 3 unspecified atom stereocenters. The molecular formula is C34H34N6. The lowest BCUT2D eigenvalue weighted by Gasteiger charge is -2.23. The molecule has 6 nitrogen and oxygen atoms in total. The van der Waals surface area contributed by atoms with E-state index >= 15 is 0 Å². The van der Waals surface area contributed by atoms with Crippen molar-refractivity contribution in [3.63, 3.8) is 0 Å². The normalized spacial score (nSPS) is 24.9. The Morgan fingerprint density at radius 2 is 2.02 bits per heavy atom. The van der Waals surface area contributed by atoms with Crippen molar-refractivity contribution in [3.8, 4) is 0 Å². The fourth-order valence-electron chi connectivity index (χ4n) is 6.79. The van der Waals surface area contributed by atoms with Crippen LogP contribution in [-0.2, 0) is 19.4 Å². The molecule has 1 aromatic heterocycles. The smallest absolute Gasteiger partial charge is 0.174 e. The molecule has 200 valence electrons. The number of benzene rings is 2. The topological polar surface area (TPSA) is 70.1 Å². The van der Waals surface area contributed by atoms with E-state index in [1.807, 2.05) is 0 Å². The lowest BCUT2D eigenvalue weighted by Crippen LogP contribution is -2.20. The molecule has 2 aliphatic heterocycles. The van der Waals surface area contributed by atoms with Gasteiger partial charge in [-0.2, -0.15) is 5.21 Å². The number of rotatable bonds is 8. The van der Waals surface area contributed by atoms with Crippen LogP contribution in [0.2, 0.25) is 0 Å². The molecule has 1 N–H and O–H groups in total. The number of fused-ring (bicyclic) bond motifs is 2. The zero-order valence-corrected chi connectivity index (χ0v) is 22.7. The van der Waals surface area contributed by atoms with E-state index in [9.17, 15) is 0 Å². The van der Waals surface area contributed by atoms with E-state index in [0.717, 1.165) is 49.8 Å². The quantitative estimate of drug-likeness (QED) is 0.370. The van der Waals surface area contributed by atoms with Crippen LogP contribution in [0.25, 0.3) is 6.08 Å². The molecule has 2 saturated carbocycles. The number of dihydropyridines is 1. The first-order valence-electron chi connectivity index (χ1n) is 14.8. The highest BCUT2D eigenvalue weighted by molar-refractivity contribution is 6.07. The molecule has 6 heteroatoms. The lowest BCUT2D eigenvalue weighted by molar-refractivity contribution is 0.732. The predicted octanol–water partition coefficient (Wildman–Crippen LogP) is 6.37. The first-order valence-corrected chi connectivity index (χ1v) is 14.8. The van der Waals surface area contributed by atoms with Crippen LogP contribution in [0, 0.1) is 17.8 Å². The molecule has 8 rings (SSSR count). The third kappa shape index (κ3) is 4.76. The van der Waals surface area contributed by atoms with Crippen LogP contribution in [0.5, 0.6) is 0 Å². The third-order valence-electron chi connectivity index (χ3n) is 9.15. The summed E-state index contributed by atoms with van der Waals surface area (Å²) in [6, 6.07) is 15.9. The van der Waals surface area contributed by atoms with E-state index in [2.05, 4.69) is 104 Å². The SMILES string of the molecule is C1=CC2CC=C(C3CC3)C=C2N=C1/C=C/c1cccc(CN2CCc3cccc(C4CC4Cc4nn[nH]n4)c32)c1. The van der Waals surface area contributed by atoms with Gasteiger partial charge in [-0.15, -0.1) is 10.2 Å². The van der Waals surface area contributed by atoms with Crippen LogP contribution >= 0.6 is 0 Å². The van der Waals surface area contributed by atoms with Gasteiger partial charge in [0.15, 0.2) is 5.82 Å². The molecule has 0 radical (unpaired) electrons. The number of tetrazole rings is 1. The van der Waals surface area contributed by atoms with Gasteiger partial charge < -0.3 is 4.90 Å². The molecule has 2 fully saturated rings. The molecular weight excluding hydrogens is 492 g/mol. The first kappa shape index (κ1) is 23.8. The molecule has 40 heavy (non-hydrogen) atoms. The monoisotopic (exact) mass is 526 g/mol. The maximum absolute atomic E-state index is 5.01. The van der Waals surface area contributed by atoms with Gasteiger partial charge in [-0.25, -0.2) is 0 Å². The van der Waals surface area contributed by atoms with Gasteiger partial charge in [0, 0.05) is 36.8 Å². The van der Waals surface area contributed by atoms with Crippen LogP contribution in [0.3, 0.4) is 0 Å². The molecule has 3 atom stereocenters. The third-order valence-corrected chi connectivity index (χ3v) is 9.15. The van der Waals surface area contributed by atoms with Crippen molar-refractivity contribution in [2.45, 2.75) is 51.0 Å². The van der Waals surface area contributed by atoms with Crippen LogP contribution in [0.1, 0.15) is 59.7 Å². The summed E-state index contributed by atoms with van der Waals surface area (Å²) in [5.41, 5.74) is 10.8. The fraction of sp³-hybridized carbons (Fsp3) is 0.353. The Hall–Kier alpha value is -4.06. The molecule has 2 aromatic carbocycles. The Morgan fingerprint density at radius 3 is 2.92 bits per heavy atom. The number of nitrogens with zero attached hydrogens (tertiary/aromatic N) is 5. The Balaban J connectivity index is 0.971. The summed E-state index contributed by atoms with van der Waals surface area (Å²) in [6.07, 6.45) is 20.7. The lowest BCUT2D eigenvalue weighted by atomic mass is 9.89. The molecule has 0 spiro atoms.